The number of fused-ring (bicyclic) bond motifs is 1. The van der Waals surface area contributed by atoms with Crippen LogP contribution in [0.15, 0.2) is 59.2 Å². The Morgan fingerprint density at radius 1 is 1.29 bits per heavy atom. The van der Waals surface area contributed by atoms with Gasteiger partial charge in [-0.1, -0.05) is 34.1 Å². The first-order chi connectivity index (χ1) is 13.6. The maximum atomic E-state index is 11.9. The van der Waals surface area contributed by atoms with Crippen LogP contribution in [-0.2, 0) is 4.79 Å². The van der Waals surface area contributed by atoms with E-state index in [-0.39, 0.29) is 6.04 Å². The fourth-order valence-electron chi connectivity index (χ4n) is 4.07. The number of carboxylic acid groups (broad SMARTS) is 1. The molecule has 2 aromatic carbocycles. The van der Waals surface area contributed by atoms with Crippen LogP contribution in [0, 0.1) is 0 Å². The Balaban J connectivity index is 1.90. The van der Waals surface area contributed by atoms with Gasteiger partial charge < -0.3 is 9.84 Å². The molecule has 2 unspecified atom stereocenters. The Labute approximate surface area is 172 Å². The lowest BCUT2D eigenvalue weighted by atomic mass is 9.95. The monoisotopic (exact) mass is 440 g/mol. The van der Waals surface area contributed by atoms with Gasteiger partial charge in [-0.05, 0) is 48.7 Å². The number of aliphatic carboxylic acids is 1. The highest BCUT2D eigenvalue weighted by Crippen LogP contribution is 2.40. The van der Waals surface area contributed by atoms with E-state index in [1.54, 1.807) is 7.11 Å². The Morgan fingerprint density at radius 3 is 2.89 bits per heavy atom. The average Bonchev–Trinajstić information content (AvgIpc) is 3.18. The maximum absolute atomic E-state index is 11.9. The molecule has 0 spiro atoms. The third kappa shape index (κ3) is 3.50. The Bertz CT molecular complexity index is 1020. The summed E-state index contributed by atoms with van der Waals surface area (Å²) in [7, 11) is 1.64. The molecule has 28 heavy (non-hydrogen) atoms. The number of pyridine rings is 1. The normalized spacial score (nSPS) is 18.3. The molecular weight excluding hydrogens is 420 g/mol. The Morgan fingerprint density at radius 2 is 2.11 bits per heavy atom. The number of aromatic nitrogens is 1. The highest BCUT2D eigenvalue weighted by Gasteiger charge is 2.38. The second-order valence-electron chi connectivity index (χ2n) is 6.98. The number of hydrogen-bond acceptors (Lipinski definition) is 4. The predicted octanol–water partition coefficient (Wildman–Crippen LogP) is 4.64. The molecule has 4 rings (SSSR count). The molecule has 3 aromatic rings. The Kier molecular flexibility index (Phi) is 5.33. The van der Waals surface area contributed by atoms with Crippen molar-refractivity contribution >= 4 is 32.8 Å². The van der Waals surface area contributed by atoms with Crippen molar-refractivity contribution in [2.24, 2.45) is 0 Å². The topological polar surface area (TPSA) is 62.7 Å². The average molecular weight is 441 g/mol. The van der Waals surface area contributed by atoms with E-state index in [1.807, 2.05) is 48.7 Å². The zero-order valence-electron chi connectivity index (χ0n) is 15.5. The number of carboxylic acids is 1. The first-order valence-electron chi connectivity index (χ1n) is 9.25. The van der Waals surface area contributed by atoms with Gasteiger partial charge in [0.05, 0.1) is 18.7 Å². The molecule has 5 nitrogen and oxygen atoms in total. The summed E-state index contributed by atoms with van der Waals surface area (Å²) >= 11 is 3.55. The van der Waals surface area contributed by atoms with E-state index in [0.717, 1.165) is 38.7 Å². The SMILES string of the molecule is COc1ccc(Br)cc1C(c1cnc2ccccc2c1)N1CCCC1C(=O)O. The van der Waals surface area contributed by atoms with Gasteiger partial charge in [-0.3, -0.25) is 14.7 Å². The van der Waals surface area contributed by atoms with Crippen LogP contribution in [0.25, 0.3) is 10.9 Å². The van der Waals surface area contributed by atoms with Crippen molar-refractivity contribution in [2.75, 3.05) is 13.7 Å². The van der Waals surface area contributed by atoms with Gasteiger partial charge in [0.15, 0.2) is 0 Å². The molecule has 0 amide bonds. The van der Waals surface area contributed by atoms with Gasteiger partial charge in [0, 0.05) is 28.2 Å². The summed E-state index contributed by atoms with van der Waals surface area (Å²) < 4.78 is 6.55. The highest BCUT2D eigenvalue weighted by molar-refractivity contribution is 9.10. The van der Waals surface area contributed by atoms with Gasteiger partial charge >= 0.3 is 5.97 Å². The molecule has 144 valence electrons. The smallest absolute Gasteiger partial charge is 0.320 e. The summed E-state index contributed by atoms with van der Waals surface area (Å²) in [5.41, 5.74) is 2.81. The number of rotatable bonds is 5. The van der Waals surface area contributed by atoms with Crippen molar-refractivity contribution in [3.8, 4) is 5.75 Å². The van der Waals surface area contributed by atoms with Crippen LogP contribution in [0.1, 0.15) is 30.0 Å². The molecule has 1 N–H and O–H groups in total. The predicted molar refractivity (Wildman–Crippen MR) is 112 cm³/mol. The van der Waals surface area contributed by atoms with Gasteiger partial charge in [-0.2, -0.15) is 0 Å². The quantitative estimate of drug-likeness (QED) is 0.625. The lowest BCUT2D eigenvalue weighted by molar-refractivity contribution is -0.142. The van der Waals surface area contributed by atoms with Gasteiger partial charge in [-0.15, -0.1) is 0 Å². The Hall–Kier alpha value is -2.44. The molecule has 2 heterocycles. The highest BCUT2D eigenvalue weighted by atomic mass is 79.9. The van der Waals surface area contributed by atoms with Crippen molar-refractivity contribution in [1.82, 2.24) is 9.88 Å². The van der Waals surface area contributed by atoms with E-state index in [0.29, 0.717) is 13.0 Å². The second-order valence-corrected chi connectivity index (χ2v) is 7.90. The van der Waals surface area contributed by atoms with Crippen molar-refractivity contribution < 1.29 is 14.6 Å². The number of para-hydroxylation sites is 1. The fraction of sp³-hybridized carbons (Fsp3) is 0.273. The molecule has 0 saturated carbocycles. The van der Waals surface area contributed by atoms with E-state index in [4.69, 9.17) is 4.74 Å². The summed E-state index contributed by atoms with van der Waals surface area (Å²) in [6.07, 6.45) is 3.35. The summed E-state index contributed by atoms with van der Waals surface area (Å²) in [4.78, 5) is 18.6. The largest absolute Gasteiger partial charge is 0.496 e. The molecule has 0 radical (unpaired) electrons. The van der Waals surface area contributed by atoms with Gasteiger partial charge in [0.2, 0.25) is 0 Å². The molecule has 1 saturated heterocycles. The van der Waals surface area contributed by atoms with E-state index in [2.05, 4.69) is 31.9 Å². The van der Waals surface area contributed by atoms with Crippen molar-refractivity contribution in [1.29, 1.82) is 0 Å². The minimum Gasteiger partial charge on any atom is -0.496 e. The number of nitrogens with zero attached hydrogens (tertiary/aromatic N) is 2. The molecular formula is C22H21BrN2O3. The summed E-state index contributed by atoms with van der Waals surface area (Å²) in [5.74, 6) is -0.0531. The summed E-state index contributed by atoms with van der Waals surface area (Å²) in [6.45, 7) is 0.712. The molecule has 0 aliphatic carbocycles. The summed E-state index contributed by atoms with van der Waals surface area (Å²) in [5, 5.41) is 10.8. The number of methoxy groups -OCH3 is 1. The molecule has 2 atom stereocenters. The van der Waals surface area contributed by atoms with Crippen LogP contribution in [0.4, 0.5) is 0 Å². The van der Waals surface area contributed by atoms with Crippen molar-refractivity contribution in [3.63, 3.8) is 0 Å². The fourth-order valence-corrected chi connectivity index (χ4v) is 4.45. The van der Waals surface area contributed by atoms with E-state index in [9.17, 15) is 9.90 Å². The van der Waals surface area contributed by atoms with Crippen LogP contribution >= 0.6 is 15.9 Å². The van der Waals surface area contributed by atoms with Gasteiger partial charge in [0.25, 0.3) is 0 Å². The number of ether oxygens (including phenoxy) is 1. The molecule has 6 heteroatoms. The number of carbonyl (C=O) groups is 1. The van der Waals surface area contributed by atoms with E-state index >= 15 is 0 Å². The van der Waals surface area contributed by atoms with Crippen molar-refractivity contribution in [3.05, 3.63) is 70.3 Å². The first kappa shape index (κ1) is 18.9. The number of benzene rings is 2. The minimum absolute atomic E-state index is 0.256. The number of hydrogen-bond donors (Lipinski definition) is 1. The molecule has 0 bridgehead atoms. The minimum atomic E-state index is -0.787. The van der Waals surface area contributed by atoms with Crippen LogP contribution in [0.3, 0.4) is 0 Å². The molecule has 1 aliphatic heterocycles. The third-order valence-electron chi connectivity index (χ3n) is 5.32. The van der Waals surface area contributed by atoms with Crippen LogP contribution < -0.4 is 4.74 Å². The molecule has 1 aliphatic rings. The van der Waals surface area contributed by atoms with E-state index in [1.165, 1.54) is 0 Å². The molecule has 1 aromatic heterocycles. The van der Waals surface area contributed by atoms with Crippen LogP contribution in [-0.4, -0.2) is 40.7 Å². The lowest BCUT2D eigenvalue weighted by Crippen LogP contribution is -2.39. The number of halogens is 1. The second kappa shape index (κ2) is 7.89. The standard InChI is InChI=1S/C22H21BrN2O3/c1-28-20-9-8-16(23)12-17(20)21(25-10-4-7-19(25)22(26)27)15-11-14-5-2-3-6-18(14)24-13-15/h2-3,5-6,8-9,11-13,19,21H,4,7,10H2,1H3,(H,26,27). The van der Waals surface area contributed by atoms with Gasteiger partial charge in [0.1, 0.15) is 11.8 Å². The third-order valence-corrected chi connectivity index (χ3v) is 5.82. The van der Waals surface area contributed by atoms with Crippen LogP contribution in [0.2, 0.25) is 0 Å². The number of likely N-dealkylation sites (tertiary alicyclic amines) is 1. The zero-order valence-corrected chi connectivity index (χ0v) is 17.1. The molecule has 1 fully saturated rings. The zero-order chi connectivity index (χ0) is 19.7. The maximum Gasteiger partial charge on any atom is 0.320 e. The summed E-state index contributed by atoms with van der Waals surface area (Å²) in [6, 6.07) is 15.1. The van der Waals surface area contributed by atoms with Gasteiger partial charge in [-0.25, -0.2) is 0 Å². The lowest BCUT2D eigenvalue weighted by Gasteiger charge is -2.32. The first-order valence-corrected chi connectivity index (χ1v) is 10.0. The van der Waals surface area contributed by atoms with Crippen molar-refractivity contribution in [2.45, 2.75) is 24.9 Å². The van der Waals surface area contributed by atoms with E-state index < -0.39 is 12.0 Å². The van der Waals surface area contributed by atoms with Crippen LogP contribution in [0.5, 0.6) is 5.75 Å².